The van der Waals surface area contributed by atoms with E-state index in [4.69, 9.17) is 9.47 Å². The van der Waals surface area contributed by atoms with E-state index in [0.29, 0.717) is 6.61 Å². The van der Waals surface area contributed by atoms with Gasteiger partial charge in [-0.25, -0.2) is 0 Å². The Morgan fingerprint density at radius 3 is 2.20 bits per heavy atom. The minimum atomic E-state index is 0.704. The predicted octanol–water partition coefficient (Wildman–Crippen LogP) is 3.61. The van der Waals surface area contributed by atoms with Gasteiger partial charge in [-0.3, -0.25) is 0 Å². The van der Waals surface area contributed by atoms with E-state index in [9.17, 15) is 0 Å². The van der Waals surface area contributed by atoms with Gasteiger partial charge in [-0.05, 0) is 49.2 Å². The summed E-state index contributed by atoms with van der Waals surface area (Å²) in [5.74, 6) is 2.54. The molecule has 1 saturated carbocycles. The van der Waals surface area contributed by atoms with Crippen LogP contribution < -0.4 is 14.8 Å². The van der Waals surface area contributed by atoms with Gasteiger partial charge in [-0.2, -0.15) is 0 Å². The predicted molar refractivity (Wildman–Crippen MR) is 79.5 cm³/mol. The van der Waals surface area contributed by atoms with Crippen LogP contribution in [0, 0.1) is 0 Å². The first-order chi connectivity index (χ1) is 9.90. The summed E-state index contributed by atoms with van der Waals surface area (Å²) in [4.78, 5) is 0. The van der Waals surface area contributed by atoms with Crippen molar-refractivity contribution in [3.05, 3.63) is 54.6 Å². The maximum atomic E-state index is 5.73. The Labute approximate surface area is 119 Å². The Bertz CT molecular complexity index is 520. The highest BCUT2D eigenvalue weighted by atomic mass is 16.5. The molecule has 1 N–H and O–H groups in total. The summed E-state index contributed by atoms with van der Waals surface area (Å²) in [5, 5.41) is 3.42. The molecule has 3 nitrogen and oxygen atoms in total. The Hall–Kier alpha value is -2.00. The first-order valence-corrected chi connectivity index (χ1v) is 7.09. The second-order valence-corrected chi connectivity index (χ2v) is 4.96. The van der Waals surface area contributed by atoms with Crippen LogP contribution in [0.1, 0.15) is 12.8 Å². The molecule has 0 aromatic heterocycles. The van der Waals surface area contributed by atoms with Gasteiger partial charge in [0, 0.05) is 12.6 Å². The van der Waals surface area contributed by atoms with Gasteiger partial charge in [0.2, 0.25) is 0 Å². The molecule has 0 radical (unpaired) electrons. The lowest BCUT2D eigenvalue weighted by Crippen LogP contribution is -2.22. The average molecular weight is 269 g/mol. The summed E-state index contributed by atoms with van der Waals surface area (Å²) in [6.07, 6.45) is 2.62. The van der Waals surface area contributed by atoms with Crippen molar-refractivity contribution in [1.82, 2.24) is 5.32 Å². The normalized spacial score (nSPS) is 14.0. The van der Waals surface area contributed by atoms with Crippen molar-refractivity contribution in [3.63, 3.8) is 0 Å². The fourth-order valence-corrected chi connectivity index (χ4v) is 1.95. The molecule has 3 rings (SSSR count). The van der Waals surface area contributed by atoms with Crippen molar-refractivity contribution in [1.29, 1.82) is 0 Å². The molecule has 104 valence electrons. The molecule has 0 saturated heterocycles. The van der Waals surface area contributed by atoms with Crippen molar-refractivity contribution >= 4 is 0 Å². The zero-order valence-corrected chi connectivity index (χ0v) is 11.4. The molecule has 3 heteroatoms. The smallest absolute Gasteiger partial charge is 0.127 e. The third-order valence-electron chi connectivity index (χ3n) is 3.18. The van der Waals surface area contributed by atoms with E-state index in [1.54, 1.807) is 0 Å². The average Bonchev–Trinajstić information content (AvgIpc) is 3.31. The summed E-state index contributed by atoms with van der Waals surface area (Å²) < 4.78 is 11.4. The second kappa shape index (κ2) is 6.44. The minimum absolute atomic E-state index is 0.704. The largest absolute Gasteiger partial charge is 0.492 e. The zero-order valence-electron chi connectivity index (χ0n) is 11.4. The molecule has 2 aromatic carbocycles. The van der Waals surface area contributed by atoms with Crippen LogP contribution in [0.2, 0.25) is 0 Å². The molecule has 0 unspecified atom stereocenters. The number of hydrogen-bond acceptors (Lipinski definition) is 3. The summed E-state index contributed by atoms with van der Waals surface area (Å²) in [5.41, 5.74) is 0. The van der Waals surface area contributed by atoms with Crippen LogP contribution in [0.3, 0.4) is 0 Å². The molecule has 2 aromatic rings. The van der Waals surface area contributed by atoms with E-state index in [-0.39, 0.29) is 0 Å². The summed E-state index contributed by atoms with van der Waals surface area (Å²) >= 11 is 0. The van der Waals surface area contributed by atoms with Gasteiger partial charge in [0.05, 0.1) is 0 Å². The van der Waals surface area contributed by atoms with Gasteiger partial charge < -0.3 is 14.8 Å². The van der Waals surface area contributed by atoms with Gasteiger partial charge in [-0.1, -0.05) is 18.2 Å². The highest BCUT2D eigenvalue weighted by molar-refractivity contribution is 5.35. The van der Waals surface area contributed by atoms with Gasteiger partial charge in [-0.15, -0.1) is 0 Å². The molecule has 0 heterocycles. The molecule has 0 bridgehead atoms. The van der Waals surface area contributed by atoms with E-state index >= 15 is 0 Å². The summed E-state index contributed by atoms with van der Waals surface area (Å²) in [6.45, 7) is 1.61. The molecule has 0 atom stereocenters. The second-order valence-electron chi connectivity index (χ2n) is 4.96. The summed E-state index contributed by atoms with van der Waals surface area (Å²) in [6, 6.07) is 18.2. The molecular formula is C17H19NO2. The van der Waals surface area contributed by atoms with E-state index in [2.05, 4.69) is 5.32 Å². The molecule has 1 aliphatic carbocycles. The van der Waals surface area contributed by atoms with Crippen LogP contribution in [0.25, 0.3) is 0 Å². The quantitative estimate of drug-likeness (QED) is 0.779. The fourth-order valence-electron chi connectivity index (χ4n) is 1.95. The number of rotatable bonds is 7. The zero-order chi connectivity index (χ0) is 13.6. The first kappa shape index (κ1) is 13.0. The first-order valence-electron chi connectivity index (χ1n) is 7.09. The molecular weight excluding hydrogens is 250 g/mol. The molecule has 0 aliphatic heterocycles. The Kier molecular flexibility index (Phi) is 4.19. The van der Waals surface area contributed by atoms with E-state index in [1.165, 1.54) is 12.8 Å². The summed E-state index contributed by atoms with van der Waals surface area (Å²) in [7, 11) is 0. The maximum absolute atomic E-state index is 5.73. The van der Waals surface area contributed by atoms with Crippen molar-refractivity contribution in [2.75, 3.05) is 13.2 Å². The Balaban J connectivity index is 1.46. The van der Waals surface area contributed by atoms with Gasteiger partial charge in [0.1, 0.15) is 23.9 Å². The third-order valence-corrected chi connectivity index (χ3v) is 3.18. The van der Waals surface area contributed by atoms with Crippen molar-refractivity contribution in [2.24, 2.45) is 0 Å². The van der Waals surface area contributed by atoms with Crippen LogP contribution in [0.5, 0.6) is 17.2 Å². The monoisotopic (exact) mass is 269 g/mol. The van der Waals surface area contributed by atoms with Crippen LogP contribution in [-0.4, -0.2) is 19.2 Å². The van der Waals surface area contributed by atoms with Gasteiger partial charge in [0.15, 0.2) is 0 Å². The van der Waals surface area contributed by atoms with Crippen LogP contribution in [0.4, 0.5) is 0 Å². The van der Waals surface area contributed by atoms with Crippen molar-refractivity contribution in [3.8, 4) is 17.2 Å². The van der Waals surface area contributed by atoms with Crippen LogP contribution in [0.15, 0.2) is 54.6 Å². The van der Waals surface area contributed by atoms with E-state index in [1.807, 2.05) is 54.6 Å². The SMILES string of the molecule is c1ccc(Oc2ccc(OCCNC3CC3)cc2)cc1. The molecule has 20 heavy (non-hydrogen) atoms. The van der Waals surface area contributed by atoms with Crippen molar-refractivity contribution < 1.29 is 9.47 Å². The Morgan fingerprint density at radius 1 is 0.850 bits per heavy atom. The number of benzene rings is 2. The molecule has 1 aliphatic rings. The lowest BCUT2D eigenvalue weighted by molar-refractivity contribution is 0.313. The molecule has 0 spiro atoms. The number of hydrogen-bond donors (Lipinski definition) is 1. The van der Waals surface area contributed by atoms with E-state index < -0.39 is 0 Å². The molecule has 1 fully saturated rings. The topological polar surface area (TPSA) is 30.5 Å². The van der Waals surface area contributed by atoms with Crippen molar-refractivity contribution in [2.45, 2.75) is 18.9 Å². The standard InChI is InChI=1S/C17H19NO2/c1-2-4-16(5-3-1)20-17-10-8-15(9-11-17)19-13-12-18-14-6-7-14/h1-5,8-11,14,18H,6-7,12-13H2. The Morgan fingerprint density at radius 2 is 1.50 bits per heavy atom. The number of nitrogens with one attached hydrogen (secondary N) is 1. The lowest BCUT2D eigenvalue weighted by atomic mass is 10.3. The third kappa shape index (κ3) is 4.00. The lowest BCUT2D eigenvalue weighted by Gasteiger charge is -2.09. The van der Waals surface area contributed by atoms with Gasteiger partial charge in [0.25, 0.3) is 0 Å². The number of para-hydroxylation sites is 1. The fraction of sp³-hybridized carbons (Fsp3) is 0.294. The highest BCUT2D eigenvalue weighted by Gasteiger charge is 2.19. The highest BCUT2D eigenvalue weighted by Crippen LogP contribution is 2.23. The van der Waals surface area contributed by atoms with Crippen LogP contribution in [-0.2, 0) is 0 Å². The minimum Gasteiger partial charge on any atom is -0.492 e. The van der Waals surface area contributed by atoms with E-state index in [0.717, 1.165) is 29.8 Å². The maximum Gasteiger partial charge on any atom is 0.127 e. The van der Waals surface area contributed by atoms with Gasteiger partial charge >= 0.3 is 0 Å². The van der Waals surface area contributed by atoms with Crippen LogP contribution >= 0.6 is 0 Å². The molecule has 0 amide bonds. The number of ether oxygens (including phenoxy) is 2.